The topological polar surface area (TPSA) is 93.7 Å². The molecule has 2 aromatic carbocycles. The van der Waals surface area contributed by atoms with Crippen molar-refractivity contribution in [2.75, 3.05) is 11.9 Å². The lowest BCUT2D eigenvalue weighted by Crippen LogP contribution is -2.30. The Morgan fingerprint density at radius 2 is 1.90 bits per heavy atom. The molecule has 0 saturated heterocycles. The second-order valence-electron chi connectivity index (χ2n) is 6.70. The first-order valence-electron chi connectivity index (χ1n) is 9.20. The van der Waals surface area contributed by atoms with E-state index in [1.807, 2.05) is 0 Å². The molecule has 1 saturated carbocycles. The molecule has 1 atom stereocenters. The summed E-state index contributed by atoms with van der Waals surface area (Å²) in [7, 11) is 0. The zero-order valence-corrected chi connectivity index (χ0v) is 16.6. The van der Waals surface area contributed by atoms with E-state index in [1.54, 1.807) is 48.5 Å². The van der Waals surface area contributed by atoms with Crippen LogP contribution in [-0.4, -0.2) is 36.5 Å². The maximum Gasteiger partial charge on any atom is 0.347 e. The number of hydrogen-bond acceptors (Lipinski definition) is 5. The van der Waals surface area contributed by atoms with Crippen molar-refractivity contribution in [3.63, 3.8) is 0 Å². The molecule has 1 aliphatic rings. The average molecular weight is 417 g/mol. The minimum Gasteiger partial charge on any atom is -0.479 e. The van der Waals surface area contributed by atoms with Crippen LogP contribution in [0.1, 0.15) is 30.1 Å². The average Bonchev–Trinajstić information content (AvgIpc) is 3.50. The number of hydrogen-bond donors (Lipinski definition) is 2. The zero-order chi connectivity index (χ0) is 20.8. The highest BCUT2D eigenvalue weighted by molar-refractivity contribution is 6.30. The second kappa shape index (κ2) is 9.43. The van der Waals surface area contributed by atoms with Crippen LogP contribution < -0.4 is 15.4 Å². The van der Waals surface area contributed by atoms with Crippen molar-refractivity contribution < 1.29 is 23.9 Å². The van der Waals surface area contributed by atoms with E-state index >= 15 is 0 Å². The molecule has 1 fully saturated rings. The van der Waals surface area contributed by atoms with Gasteiger partial charge in [-0.25, -0.2) is 4.79 Å². The van der Waals surface area contributed by atoms with Gasteiger partial charge < -0.3 is 20.1 Å². The van der Waals surface area contributed by atoms with Crippen LogP contribution in [0.2, 0.25) is 5.02 Å². The van der Waals surface area contributed by atoms with Crippen LogP contribution in [0.15, 0.2) is 48.5 Å². The van der Waals surface area contributed by atoms with Crippen molar-refractivity contribution in [1.82, 2.24) is 5.32 Å². The van der Waals surface area contributed by atoms with Crippen molar-refractivity contribution in [2.24, 2.45) is 0 Å². The molecule has 0 spiro atoms. The number of amides is 2. The highest BCUT2D eigenvalue weighted by Gasteiger charge is 2.24. The van der Waals surface area contributed by atoms with E-state index in [9.17, 15) is 14.4 Å². The Balaban J connectivity index is 1.46. The molecule has 0 heterocycles. The quantitative estimate of drug-likeness (QED) is 0.644. The monoisotopic (exact) mass is 416 g/mol. The molecular formula is C21H21ClN2O5. The fourth-order valence-electron chi connectivity index (χ4n) is 2.48. The Morgan fingerprint density at radius 1 is 1.14 bits per heavy atom. The lowest BCUT2D eigenvalue weighted by molar-refractivity contribution is -0.153. The number of carbonyl (C=O) groups is 3. The van der Waals surface area contributed by atoms with Crippen LogP contribution in [-0.2, 0) is 14.3 Å². The van der Waals surface area contributed by atoms with Gasteiger partial charge in [-0.15, -0.1) is 0 Å². The molecule has 29 heavy (non-hydrogen) atoms. The molecule has 0 aliphatic heterocycles. The number of carbonyl (C=O) groups excluding carboxylic acids is 3. The molecule has 7 nitrogen and oxygen atoms in total. The van der Waals surface area contributed by atoms with Crippen molar-refractivity contribution in [1.29, 1.82) is 0 Å². The number of esters is 1. The van der Waals surface area contributed by atoms with Gasteiger partial charge in [0.2, 0.25) is 0 Å². The summed E-state index contributed by atoms with van der Waals surface area (Å²) in [6, 6.07) is 13.4. The molecule has 8 heteroatoms. The lowest BCUT2D eigenvalue weighted by Gasteiger charge is -2.14. The molecule has 1 aliphatic carbocycles. The third-order valence-electron chi connectivity index (χ3n) is 4.11. The predicted molar refractivity (Wildman–Crippen MR) is 108 cm³/mol. The predicted octanol–water partition coefficient (Wildman–Crippen LogP) is 3.18. The fraction of sp³-hybridized carbons (Fsp3) is 0.286. The largest absolute Gasteiger partial charge is 0.479 e. The Bertz CT molecular complexity index is 913. The van der Waals surface area contributed by atoms with Crippen molar-refractivity contribution >= 4 is 35.1 Å². The van der Waals surface area contributed by atoms with E-state index in [0.29, 0.717) is 22.0 Å². The van der Waals surface area contributed by atoms with Crippen LogP contribution in [0.5, 0.6) is 5.75 Å². The lowest BCUT2D eigenvalue weighted by atomic mass is 10.2. The molecule has 0 aromatic heterocycles. The van der Waals surface area contributed by atoms with Gasteiger partial charge in [0.1, 0.15) is 5.75 Å². The van der Waals surface area contributed by atoms with Crippen LogP contribution in [0, 0.1) is 0 Å². The van der Waals surface area contributed by atoms with Gasteiger partial charge in [-0.2, -0.15) is 0 Å². The minimum atomic E-state index is -0.907. The van der Waals surface area contributed by atoms with Gasteiger partial charge in [0.15, 0.2) is 12.7 Å². The maximum atomic E-state index is 12.1. The zero-order valence-electron chi connectivity index (χ0n) is 15.8. The Labute approximate surface area is 173 Å². The number of rotatable bonds is 8. The van der Waals surface area contributed by atoms with E-state index < -0.39 is 24.6 Å². The first-order valence-corrected chi connectivity index (χ1v) is 9.58. The first kappa shape index (κ1) is 20.7. The maximum absolute atomic E-state index is 12.1. The number of halogens is 1. The standard InChI is InChI=1S/C21H21ClN2O5/c1-13(29-18-7-3-5-15(22)11-18)21(27)28-12-19(25)23-17-6-2-4-14(10-17)20(26)24-16-8-9-16/h2-7,10-11,13,16H,8-9,12H2,1H3,(H,23,25)(H,24,26). The second-order valence-corrected chi connectivity index (χ2v) is 7.14. The highest BCUT2D eigenvalue weighted by atomic mass is 35.5. The summed E-state index contributed by atoms with van der Waals surface area (Å²) in [6.07, 6.45) is 1.08. The highest BCUT2D eigenvalue weighted by Crippen LogP contribution is 2.20. The van der Waals surface area contributed by atoms with Crippen molar-refractivity contribution in [2.45, 2.75) is 31.9 Å². The molecule has 2 aromatic rings. The molecule has 152 valence electrons. The Kier molecular flexibility index (Phi) is 6.72. The van der Waals surface area contributed by atoms with E-state index in [0.717, 1.165) is 12.8 Å². The van der Waals surface area contributed by atoms with Gasteiger partial charge in [0.05, 0.1) is 0 Å². The van der Waals surface area contributed by atoms with Crippen LogP contribution in [0.4, 0.5) is 5.69 Å². The summed E-state index contributed by atoms with van der Waals surface area (Å²) in [4.78, 5) is 36.2. The molecule has 3 rings (SSSR count). The summed E-state index contributed by atoms with van der Waals surface area (Å²) in [5.41, 5.74) is 0.896. The molecule has 2 amide bonds. The van der Waals surface area contributed by atoms with Gasteiger partial charge >= 0.3 is 5.97 Å². The van der Waals surface area contributed by atoms with Crippen LogP contribution >= 0.6 is 11.6 Å². The van der Waals surface area contributed by atoms with Crippen molar-refractivity contribution in [3.05, 3.63) is 59.1 Å². The number of benzene rings is 2. The van der Waals surface area contributed by atoms with E-state index in [1.165, 1.54) is 6.92 Å². The first-order chi connectivity index (χ1) is 13.9. The summed E-state index contributed by atoms with van der Waals surface area (Å²) >= 11 is 5.87. The molecule has 0 radical (unpaired) electrons. The summed E-state index contributed by atoms with van der Waals surface area (Å²) < 4.78 is 10.4. The summed E-state index contributed by atoms with van der Waals surface area (Å²) in [5, 5.41) is 5.97. The van der Waals surface area contributed by atoms with Gasteiger partial charge in [0.25, 0.3) is 11.8 Å². The Morgan fingerprint density at radius 3 is 2.62 bits per heavy atom. The van der Waals surface area contributed by atoms with E-state index in [4.69, 9.17) is 21.1 Å². The Hall–Kier alpha value is -3.06. The number of nitrogens with one attached hydrogen (secondary N) is 2. The summed E-state index contributed by atoms with van der Waals surface area (Å²) in [6.45, 7) is 1.05. The van der Waals surface area contributed by atoms with Crippen molar-refractivity contribution in [3.8, 4) is 5.75 Å². The van der Waals surface area contributed by atoms with Crippen LogP contribution in [0.3, 0.4) is 0 Å². The van der Waals surface area contributed by atoms with E-state index in [-0.39, 0.29) is 11.9 Å². The van der Waals surface area contributed by atoms with Gasteiger partial charge in [0, 0.05) is 22.3 Å². The van der Waals surface area contributed by atoms with E-state index in [2.05, 4.69) is 10.6 Å². The normalized spacial score (nSPS) is 13.9. The third kappa shape index (κ3) is 6.50. The molecule has 2 N–H and O–H groups in total. The van der Waals surface area contributed by atoms with Crippen LogP contribution in [0.25, 0.3) is 0 Å². The minimum absolute atomic E-state index is 0.179. The smallest absolute Gasteiger partial charge is 0.347 e. The number of anilines is 1. The van der Waals surface area contributed by atoms with Gasteiger partial charge in [-0.3, -0.25) is 9.59 Å². The van der Waals surface area contributed by atoms with Gasteiger partial charge in [-0.1, -0.05) is 23.7 Å². The molecule has 0 bridgehead atoms. The third-order valence-corrected chi connectivity index (χ3v) is 4.34. The van der Waals surface area contributed by atoms with Gasteiger partial charge in [-0.05, 0) is 56.2 Å². The molecular weight excluding hydrogens is 396 g/mol. The SMILES string of the molecule is CC(Oc1cccc(Cl)c1)C(=O)OCC(=O)Nc1cccc(C(=O)NC2CC2)c1. The molecule has 1 unspecified atom stereocenters. The summed E-state index contributed by atoms with van der Waals surface area (Å²) in [5.74, 6) is -0.958. The fourth-order valence-corrected chi connectivity index (χ4v) is 2.66. The number of ether oxygens (including phenoxy) is 2.